The molecule has 8 nitrogen and oxygen atoms in total. The summed E-state index contributed by atoms with van der Waals surface area (Å²) in [7, 11) is 0. The number of fused-ring (bicyclic) bond motifs is 2. The summed E-state index contributed by atoms with van der Waals surface area (Å²) in [5.41, 5.74) is 10.4. The lowest BCUT2D eigenvalue weighted by atomic mass is 9.84. The average Bonchev–Trinajstić information content (AvgIpc) is 3.24. The number of amides is 1. The van der Waals surface area contributed by atoms with Crippen molar-refractivity contribution in [2.75, 3.05) is 31.9 Å². The fourth-order valence-corrected chi connectivity index (χ4v) is 5.72. The van der Waals surface area contributed by atoms with Gasteiger partial charge in [-0.05, 0) is 47.8 Å². The monoisotopic (exact) mass is 571 g/mol. The topological polar surface area (TPSA) is 92.7 Å². The van der Waals surface area contributed by atoms with E-state index in [1.54, 1.807) is 10.7 Å². The summed E-state index contributed by atoms with van der Waals surface area (Å²) in [5.74, 6) is 0.732. The number of nitrogens with two attached hydrogens (primary N) is 1. The SMILES string of the molecule is CC1(C(=O)N2CCN(Cc3nc4c(-c5cnc6ccccc6c5)cnn4c(N)c3Br)CC2)C=CC=CCC1. The Bertz CT molecular complexity index is 1580. The number of para-hydroxylation sites is 1. The van der Waals surface area contributed by atoms with Crippen LogP contribution in [0.5, 0.6) is 0 Å². The van der Waals surface area contributed by atoms with Crippen LogP contribution in [0.15, 0.2) is 71.5 Å². The molecule has 2 N–H and O–H groups in total. The molecule has 1 unspecified atom stereocenters. The van der Waals surface area contributed by atoms with Gasteiger partial charge in [-0.25, -0.2) is 4.98 Å². The number of halogens is 1. The molecule has 0 saturated carbocycles. The lowest BCUT2D eigenvalue weighted by molar-refractivity contribution is -0.140. The number of pyridine rings is 1. The minimum absolute atomic E-state index is 0.218. The number of piperazine rings is 1. The van der Waals surface area contributed by atoms with Gasteiger partial charge in [0.2, 0.25) is 5.91 Å². The Morgan fingerprint density at radius 2 is 1.95 bits per heavy atom. The van der Waals surface area contributed by atoms with Crippen molar-refractivity contribution in [3.8, 4) is 11.1 Å². The summed E-state index contributed by atoms with van der Waals surface area (Å²) < 4.78 is 2.42. The molecule has 9 heteroatoms. The zero-order valence-electron chi connectivity index (χ0n) is 21.3. The Kier molecular flexibility index (Phi) is 6.49. The van der Waals surface area contributed by atoms with Crippen molar-refractivity contribution in [2.24, 2.45) is 5.41 Å². The minimum Gasteiger partial charge on any atom is -0.383 e. The zero-order valence-corrected chi connectivity index (χ0v) is 22.9. The highest BCUT2D eigenvalue weighted by Gasteiger charge is 2.35. The van der Waals surface area contributed by atoms with Crippen molar-refractivity contribution < 1.29 is 4.79 Å². The molecule has 1 atom stereocenters. The molecule has 1 fully saturated rings. The molecule has 4 aromatic rings. The Morgan fingerprint density at radius 3 is 2.79 bits per heavy atom. The predicted octanol–water partition coefficient (Wildman–Crippen LogP) is 4.85. The van der Waals surface area contributed by atoms with Crippen LogP contribution in [0.25, 0.3) is 27.7 Å². The van der Waals surface area contributed by atoms with Crippen molar-refractivity contribution >= 4 is 44.2 Å². The van der Waals surface area contributed by atoms with E-state index in [4.69, 9.17) is 10.7 Å². The Hall–Kier alpha value is -3.56. The van der Waals surface area contributed by atoms with Crippen molar-refractivity contribution in [3.05, 3.63) is 77.2 Å². The van der Waals surface area contributed by atoms with Gasteiger partial charge in [-0.2, -0.15) is 9.61 Å². The highest BCUT2D eigenvalue weighted by atomic mass is 79.9. The zero-order chi connectivity index (χ0) is 26.3. The van der Waals surface area contributed by atoms with Crippen LogP contribution in [0.3, 0.4) is 0 Å². The number of aromatic nitrogens is 4. The standard InChI is InChI=1S/C29H30BrN7O/c1-29(10-6-2-3-7-11-29)28(38)36-14-12-35(13-15-36)19-24-25(30)26(31)37-27(34-24)22(18-33-37)21-16-20-8-4-5-9-23(20)32-17-21/h2-6,8-10,16-18H,7,11-15,19,31H2,1H3. The number of benzene rings is 1. The molecule has 0 radical (unpaired) electrons. The van der Waals surface area contributed by atoms with Crippen LogP contribution < -0.4 is 5.73 Å². The summed E-state index contributed by atoms with van der Waals surface area (Å²) in [4.78, 5) is 27.3. The summed E-state index contributed by atoms with van der Waals surface area (Å²) in [6, 6.07) is 10.1. The summed E-state index contributed by atoms with van der Waals surface area (Å²) in [5, 5.41) is 5.58. The summed E-state index contributed by atoms with van der Waals surface area (Å²) in [6.07, 6.45) is 13.6. The van der Waals surface area contributed by atoms with Gasteiger partial charge in [-0.1, -0.05) is 42.5 Å². The number of nitrogens with zero attached hydrogens (tertiary/aromatic N) is 6. The molecule has 4 heterocycles. The van der Waals surface area contributed by atoms with E-state index in [1.165, 1.54) is 0 Å². The molecule has 194 valence electrons. The Morgan fingerprint density at radius 1 is 1.13 bits per heavy atom. The number of carbonyl (C=O) groups is 1. The summed E-state index contributed by atoms with van der Waals surface area (Å²) >= 11 is 3.66. The first-order valence-electron chi connectivity index (χ1n) is 13.0. The van der Waals surface area contributed by atoms with Crippen LogP contribution in [-0.4, -0.2) is 61.5 Å². The van der Waals surface area contributed by atoms with Gasteiger partial charge in [0.1, 0.15) is 5.82 Å². The molecule has 1 amide bonds. The molecule has 1 aliphatic carbocycles. The van der Waals surface area contributed by atoms with E-state index in [2.05, 4.69) is 62.1 Å². The molecular weight excluding hydrogens is 542 g/mol. The van der Waals surface area contributed by atoms with E-state index in [-0.39, 0.29) is 5.91 Å². The molecule has 1 aliphatic heterocycles. The molecule has 1 saturated heterocycles. The smallest absolute Gasteiger partial charge is 0.232 e. The third kappa shape index (κ3) is 4.50. The van der Waals surface area contributed by atoms with Gasteiger partial charge >= 0.3 is 0 Å². The third-order valence-electron chi connectivity index (χ3n) is 7.66. The highest BCUT2D eigenvalue weighted by Crippen LogP contribution is 2.33. The number of allylic oxidation sites excluding steroid dienone is 3. The predicted molar refractivity (Wildman–Crippen MR) is 153 cm³/mol. The second-order valence-electron chi connectivity index (χ2n) is 10.3. The molecule has 0 spiro atoms. The maximum atomic E-state index is 13.3. The maximum absolute atomic E-state index is 13.3. The van der Waals surface area contributed by atoms with E-state index in [0.717, 1.165) is 58.1 Å². The normalized spacial score (nSPS) is 20.3. The van der Waals surface area contributed by atoms with Crippen LogP contribution in [0.2, 0.25) is 0 Å². The van der Waals surface area contributed by atoms with Crippen molar-refractivity contribution in [1.29, 1.82) is 0 Å². The molecule has 1 aromatic carbocycles. The number of carbonyl (C=O) groups excluding carboxylic acids is 1. The van der Waals surface area contributed by atoms with E-state index in [0.29, 0.717) is 31.1 Å². The first-order valence-corrected chi connectivity index (χ1v) is 13.8. The molecule has 3 aromatic heterocycles. The van der Waals surface area contributed by atoms with E-state index in [9.17, 15) is 4.79 Å². The number of nitrogen functional groups attached to an aromatic ring is 1. The largest absolute Gasteiger partial charge is 0.383 e. The van der Waals surface area contributed by atoms with Gasteiger partial charge in [0, 0.05) is 55.4 Å². The van der Waals surface area contributed by atoms with Crippen molar-refractivity contribution in [2.45, 2.75) is 26.3 Å². The number of hydrogen-bond donors (Lipinski definition) is 1. The lowest BCUT2D eigenvalue weighted by Gasteiger charge is -2.38. The fraction of sp³-hybridized carbons (Fsp3) is 0.310. The molecule has 6 rings (SSSR count). The maximum Gasteiger partial charge on any atom is 0.232 e. The minimum atomic E-state index is -0.439. The lowest BCUT2D eigenvalue weighted by Crippen LogP contribution is -2.52. The Balaban J connectivity index is 1.22. The van der Waals surface area contributed by atoms with Crippen molar-refractivity contribution in [1.82, 2.24) is 29.4 Å². The molecule has 38 heavy (non-hydrogen) atoms. The quantitative estimate of drug-likeness (QED) is 0.376. The third-order valence-corrected chi connectivity index (χ3v) is 8.52. The van der Waals surface area contributed by atoms with Crippen LogP contribution in [-0.2, 0) is 11.3 Å². The van der Waals surface area contributed by atoms with E-state index in [1.807, 2.05) is 41.4 Å². The molecule has 0 bridgehead atoms. The first kappa shape index (κ1) is 24.8. The van der Waals surface area contributed by atoms with E-state index < -0.39 is 5.41 Å². The van der Waals surface area contributed by atoms with Gasteiger partial charge in [-0.3, -0.25) is 14.7 Å². The number of rotatable bonds is 4. The highest BCUT2D eigenvalue weighted by molar-refractivity contribution is 9.10. The molecule has 2 aliphatic rings. The average molecular weight is 573 g/mol. The number of anilines is 1. The Labute approximate surface area is 230 Å². The number of hydrogen-bond acceptors (Lipinski definition) is 6. The van der Waals surface area contributed by atoms with Crippen LogP contribution >= 0.6 is 15.9 Å². The van der Waals surface area contributed by atoms with Gasteiger partial charge < -0.3 is 10.6 Å². The second kappa shape index (κ2) is 9.96. The fourth-order valence-electron chi connectivity index (χ4n) is 5.34. The van der Waals surface area contributed by atoms with Gasteiger partial charge in [-0.15, -0.1) is 0 Å². The van der Waals surface area contributed by atoms with Crippen LogP contribution in [0, 0.1) is 5.41 Å². The first-order chi connectivity index (χ1) is 18.4. The van der Waals surface area contributed by atoms with Gasteiger partial charge in [0.25, 0.3) is 0 Å². The van der Waals surface area contributed by atoms with E-state index >= 15 is 0 Å². The van der Waals surface area contributed by atoms with Crippen LogP contribution in [0.4, 0.5) is 5.82 Å². The molecular formula is C29H30BrN7O. The van der Waals surface area contributed by atoms with Gasteiger partial charge in [0.05, 0.1) is 27.3 Å². The van der Waals surface area contributed by atoms with Gasteiger partial charge in [0.15, 0.2) is 5.65 Å². The second-order valence-corrected chi connectivity index (χ2v) is 11.1. The summed E-state index contributed by atoms with van der Waals surface area (Å²) in [6.45, 7) is 5.65. The van der Waals surface area contributed by atoms with Crippen molar-refractivity contribution in [3.63, 3.8) is 0 Å². The van der Waals surface area contributed by atoms with Crippen LogP contribution in [0.1, 0.15) is 25.5 Å².